The van der Waals surface area contributed by atoms with Crippen molar-refractivity contribution in [2.24, 2.45) is 5.73 Å². The number of hydrogen-bond donors (Lipinski definition) is 1. The fourth-order valence-electron chi connectivity index (χ4n) is 1.62. The SMILES string of the molecule is COCCCSC(c1ccc(Cl)cc1)C(C)N. The van der Waals surface area contributed by atoms with Crippen molar-refractivity contribution in [2.75, 3.05) is 19.5 Å². The van der Waals surface area contributed by atoms with Gasteiger partial charge in [-0.1, -0.05) is 23.7 Å². The zero-order valence-corrected chi connectivity index (χ0v) is 11.9. The molecule has 2 N–H and O–H groups in total. The molecule has 17 heavy (non-hydrogen) atoms. The quantitative estimate of drug-likeness (QED) is 0.773. The van der Waals surface area contributed by atoms with E-state index in [9.17, 15) is 0 Å². The second-order valence-electron chi connectivity index (χ2n) is 4.05. The molecule has 2 nitrogen and oxygen atoms in total. The Morgan fingerprint density at radius 1 is 1.35 bits per heavy atom. The molecule has 0 bridgehead atoms. The second-order valence-corrected chi connectivity index (χ2v) is 5.73. The Hall–Kier alpha value is -0.220. The van der Waals surface area contributed by atoms with Crippen LogP contribution in [0.15, 0.2) is 24.3 Å². The number of rotatable bonds is 7. The normalized spacial score (nSPS) is 14.6. The van der Waals surface area contributed by atoms with Crippen LogP contribution < -0.4 is 5.73 Å². The molecule has 1 rings (SSSR count). The van der Waals surface area contributed by atoms with E-state index in [2.05, 4.69) is 12.1 Å². The van der Waals surface area contributed by atoms with E-state index in [4.69, 9.17) is 22.1 Å². The Kier molecular flexibility index (Phi) is 6.97. The Morgan fingerprint density at radius 2 is 2.00 bits per heavy atom. The summed E-state index contributed by atoms with van der Waals surface area (Å²) >= 11 is 7.77. The molecule has 0 spiro atoms. The highest BCUT2D eigenvalue weighted by Crippen LogP contribution is 2.32. The van der Waals surface area contributed by atoms with Crippen LogP contribution in [0.2, 0.25) is 5.02 Å². The first-order chi connectivity index (χ1) is 8.15. The lowest BCUT2D eigenvalue weighted by atomic mass is 10.1. The van der Waals surface area contributed by atoms with E-state index in [1.165, 1.54) is 5.56 Å². The largest absolute Gasteiger partial charge is 0.385 e. The number of benzene rings is 1. The van der Waals surface area contributed by atoms with Crippen LogP contribution in [0.3, 0.4) is 0 Å². The summed E-state index contributed by atoms with van der Waals surface area (Å²) in [5, 5.41) is 1.09. The average Bonchev–Trinajstić information content (AvgIpc) is 2.30. The van der Waals surface area contributed by atoms with E-state index in [-0.39, 0.29) is 6.04 Å². The van der Waals surface area contributed by atoms with Crippen LogP contribution in [-0.4, -0.2) is 25.5 Å². The number of thioether (sulfide) groups is 1. The Bertz CT molecular complexity index is 316. The van der Waals surface area contributed by atoms with E-state index in [1.54, 1.807) is 7.11 Å². The minimum Gasteiger partial charge on any atom is -0.385 e. The van der Waals surface area contributed by atoms with Crippen molar-refractivity contribution in [1.82, 2.24) is 0 Å². The molecular weight excluding hydrogens is 254 g/mol. The van der Waals surface area contributed by atoms with Gasteiger partial charge in [-0.05, 0) is 36.8 Å². The fraction of sp³-hybridized carbons (Fsp3) is 0.538. The first-order valence-corrected chi connectivity index (χ1v) is 7.19. The predicted molar refractivity (Wildman–Crippen MR) is 76.8 cm³/mol. The molecule has 2 atom stereocenters. The highest BCUT2D eigenvalue weighted by molar-refractivity contribution is 7.99. The molecule has 0 radical (unpaired) electrons. The van der Waals surface area contributed by atoms with Gasteiger partial charge in [0.05, 0.1) is 0 Å². The lowest BCUT2D eigenvalue weighted by molar-refractivity contribution is 0.200. The molecule has 0 aliphatic carbocycles. The molecule has 0 fully saturated rings. The number of hydrogen-bond acceptors (Lipinski definition) is 3. The van der Waals surface area contributed by atoms with Gasteiger partial charge < -0.3 is 10.5 Å². The first-order valence-electron chi connectivity index (χ1n) is 5.76. The first kappa shape index (κ1) is 14.8. The summed E-state index contributed by atoms with van der Waals surface area (Å²) < 4.78 is 5.04. The monoisotopic (exact) mass is 273 g/mol. The molecule has 1 aromatic carbocycles. The van der Waals surface area contributed by atoms with E-state index in [1.807, 2.05) is 30.8 Å². The number of methoxy groups -OCH3 is 1. The molecule has 0 saturated heterocycles. The Morgan fingerprint density at radius 3 is 2.53 bits per heavy atom. The van der Waals surface area contributed by atoms with E-state index in [0.717, 1.165) is 23.8 Å². The number of halogens is 1. The van der Waals surface area contributed by atoms with Crippen molar-refractivity contribution in [2.45, 2.75) is 24.6 Å². The smallest absolute Gasteiger partial charge is 0.0470 e. The summed E-state index contributed by atoms with van der Waals surface area (Å²) in [5.74, 6) is 1.06. The summed E-state index contributed by atoms with van der Waals surface area (Å²) in [5.41, 5.74) is 7.28. The number of ether oxygens (including phenoxy) is 1. The van der Waals surface area contributed by atoms with Crippen LogP contribution in [0.25, 0.3) is 0 Å². The van der Waals surface area contributed by atoms with Gasteiger partial charge in [0.15, 0.2) is 0 Å². The maximum Gasteiger partial charge on any atom is 0.0470 e. The van der Waals surface area contributed by atoms with E-state index < -0.39 is 0 Å². The molecule has 96 valence electrons. The van der Waals surface area contributed by atoms with Gasteiger partial charge in [0.25, 0.3) is 0 Å². The lowest BCUT2D eigenvalue weighted by Crippen LogP contribution is -2.23. The molecule has 0 saturated carbocycles. The van der Waals surface area contributed by atoms with Crippen molar-refractivity contribution in [3.05, 3.63) is 34.9 Å². The molecule has 0 aliphatic rings. The molecule has 0 heterocycles. The van der Waals surface area contributed by atoms with Crippen molar-refractivity contribution in [3.8, 4) is 0 Å². The van der Waals surface area contributed by atoms with Crippen LogP contribution in [0.5, 0.6) is 0 Å². The topological polar surface area (TPSA) is 35.2 Å². The van der Waals surface area contributed by atoms with Gasteiger partial charge in [-0.2, -0.15) is 11.8 Å². The van der Waals surface area contributed by atoms with Gasteiger partial charge in [-0.3, -0.25) is 0 Å². The van der Waals surface area contributed by atoms with Crippen molar-refractivity contribution in [3.63, 3.8) is 0 Å². The Balaban J connectivity index is 2.56. The summed E-state index contributed by atoms with van der Waals surface area (Å²) in [6.45, 7) is 2.85. The maximum absolute atomic E-state index is 6.04. The number of nitrogens with two attached hydrogens (primary N) is 1. The maximum atomic E-state index is 6.04. The molecule has 4 heteroatoms. The average molecular weight is 274 g/mol. The summed E-state index contributed by atoms with van der Waals surface area (Å²) in [4.78, 5) is 0. The zero-order valence-electron chi connectivity index (χ0n) is 10.4. The second kappa shape index (κ2) is 7.98. The molecule has 0 aliphatic heterocycles. The third-order valence-corrected chi connectivity index (χ3v) is 4.30. The van der Waals surface area contributed by atoms with E-state index >= 15 is 0 Å². The van der Waals surface area contributed by atoms with Gasteiger partial charge in [-0.15, -0.1) is 0 Å². The highest BCUT2D eigenvalue weighted by Gasteiger charge is 2.16. The predicted octanol–water partition coefficient (Wildman–Crippen LogP) is 3.50. The van der Waals surface area contributed by atoms with Crippen LogP contribution in [0.4, 0.5) is 0 Å². The summed E-state index contributed by atoms with van der Waals surface area (Å²) in [6, 6.07) is 8.08. The standard InChI is InChI=1S/C13H20ClNOS/c1-10(15)13(17-9-3-8-16-2)11-4-6-12(14)7-5-11/h4-7,10,13H,3,8-9,15H2,1-2H3. The van der Waals surface area contributed by atoms with Crippen LogP contribution >= 0.6 is 23.4 Å². The minimum absolute atomic E-state index is 0.128. The molecular formula is C13H20ClNOS. The molecule has 1 aromatic rings. The van der Waals surface area contributed by atoms with Crippen molar-refractivity contribution in [1.29, 1.82) is 0 Å². The molecule has 2 unspecified atom stereocenters. The van der Waals surface area contributed by atoms with Gasteiger partial charge in [0.2, 0.25) is 0 Å². The molecule has 0 aromatic heterocycles. The van der Waals surface area contributed by atoms with Gasteiger partial charge in [0, 0.05) is 30.0 Å². The van der Waals surface area contributed by atoms with Crippen LogP contribution in [-0.2, 0) is 4.74 Å². The van der Waals surface area contributed by atoms with Crippen molar-refractivity contribution >= 4 is 23.4 Å². The van der Waals surface area contributed by atoms with Crippen LogP contribution in [0.1, 0.15) is 24.2 Å². The zero-order chi connectivity index (χ0) is 12.7. The van der Waals surface area contributed by atoms with Crippen LogP contribution in [0, 0.1) is 0 Å². The van der Waals surface area contributed by atoms with Crippen molar-refractivity contribution < 1.29 is 4.74 Å². The third-order valence-electron chi connectivity index (χ3n) is 2.47. The summed E-state index contributed by atoms with van der Waals surface area (Å²) in [6.07, 6.45) is 1.05. The van der Waals surface area contributed by atoms with Gasteiger partial charge in [0.1, 0.15) is 0 Å². The third kappa shape index (κ3) is 5.30. The van der Waals surface area contributed by atoms with Gasteiger partial charge in [-0.25, -0.2) is 0 Å². The molecule has 0 amide bonds. The summed E-state index contributed by atoms with van der Waals surface area (Å²) in [7, 11) is 1.73. The highest BCUT2D eigenvalue weighted by atomic mass is 35.5. The Labute approximate surface area is 113 Å². The van der Waals surface area contributed by atoms with E-state index in [0.29, 0.717) is 5.25 Å². The van der Waals surface area contributed by atoms with Gasteiger partial charge >= 0.3 is 0 Å². The lowest BCUT2D eigenvalue weighted by Gasteiger charge is -2.20. The fourth-order valence-corrected chi connectivity index (χ4v) is 2.94. The minimum atomic E-state index is 0.128.